The SMILES string of the molecule is CCCCCCCOC(=O)c1ccc(Br)cc1S. The van der Waals surface area contributed by atoms with E-state index >= 15 is 0 Å². The number of esters is 1. The number of benzene rings is 1. The van der Waals surface area contributed by atoms with Crippen molar-refractivity contribution in [1.29, 1.82) is 0 Å². The highest BCUT2D eigenvalue weighted by Gasteiger charge is 2.10. The first kappa shape index (κ1) is 15.6. The molecule has 0 unspecified atom stereocenters. The first-order valence-corrected chi connectivity index (χ1v) is 7.54. The summed E-state index contributed by atoms with van der Waals surface area (Å²) in [6.45, 7) is 2.67. The molecule has 0 aliphatic carbocycles. The first-order valence-electron chi connectivity index (χ1n) is 6.30. The summed E-state index contributed by atoms with van der Waals surface area (Å²) in [5.74, 6) is -0.289. The largest absolute Gasteiger partial charge is 0.462 e. The highest BCUT2D eigenvalue weighted by Crippen LogP contribution is 2.20. The van der Waals surface area contributed by atoms with Crippen LogP contribution in [0, 0.1) is 0 Å². The van der Waals surface area contributed by atoms with Gasteiger partial charge in [0.15, 0.2) is 0 Å². The van der Waals surface area contributed by atoms with Crippen molar-refractivity contribution in [1.82, 2.24) is 0 Å². The number of ether oxygens (including phenoxy) is 1. The van der Waals surface area contributed by atoms with E-state index in [4.69, 9.17) is 4.74 Å². The molecule has 1 rings (SSSR count). The Balaban J connectivity index is 2.32. The zero-order chi connectivity index (χ0) is 13.4. The molecule has 0 heterocycles. The van der Waals surface area contributed by atoms with Crippen LogP contribution >= 0.6 is 28.6 Å². The second-order valence-corrected chi connectivity index (χ2v) is 5.61. The zero-order valence-electron chi connectivity index (χ0n) is 10.6. The third-order valence-corrected chi connectivity index (χ3v) is 3.52. The van der Waals surface area contributed by atoms with Gasteiger partial charge in [0.25, 0.3) is 0 Å². The van der Waals surface area contributed by atoms with Crippen LogP contribution in [0.5, 0.6) is 0 Å². The van der Waals surface area contributed by atoms with Crippen LogP contribution < -0.4 is 0 Å². The zero-order valence-corrected chi connectivity index (χ0v) is 13.1. The van der Waals surface area contributed by atoms with Gasteiger partial charge >= 0.3 is 5.97 Å². The lowest BCUT2D eigenvalue weighted by Gasteiger charge is -2.07. The maximum atomic E-state index is 11.8. The second kappa shape index (κ2) is 8.59. The van der Waals surface area contributed by atoms with Crippen molar-refractivity contribution < 1.29 is 9.53 Å². The predicted molar refractivity (Wildman–Crippen MR) is 80.4 cm³/mol. The van der Waals surface area contributed by atoms with Crippen LogP contribution in [0.3, 0.4) is 0 Å². The summed E-state index contributed by atoms with van der Waals surface area (Å²) >= 11 is 7.60. The molecule has 18 heavy (non-hydrogen) atoms. The molecule has 0 aliphatic heterocycles. The molecule has 0 aromatic heterocycles. The minimum absolute atomic E-state index is 0.289. The highest BCUT2D eigenvalue weighted by atomic mass is 79.9. The maximum Gasteiger partial charge on any atom is 0.339 e. The van der Waals surface area contributed by atoms with E-state index in [1.807, 2.05) is 6.07 Å². The summed E-state index contributed by atoms with van der Waals surface area (Å²) in [6, 6.07) is 5.34. The van der Waals surface area contributed by atoms with Gasteiger partial charge in [0, 0.05) is 9.37 Å². The van der Waals surface area contributed by atoms with E-state index in [9.17, 15) is 4.79 Å². The van der Waals surface area contributed by atoms with E-state index < -0.39 is 0 Å². The smallest absolute Gasteiger partial charge is 0.339 e. The van der Waals surface area contributed by atoms with Gasteiger partial charge in [-0.2, -0.15) is 0 Å². The van der Waals surface area contributed by atoms with Gasteiger partial charge in [-0.1, -0.05) is 48.5 Å². The van der Waals surface area contributed by atoms with Gasteiger partial charge in [-0.15, -0.1) is 12.6 Å². The van der Waals surface area contributed by atoms with Gasteiger partial charge in [0.05, 0.1) is 12.2 Å². The fourth-order valence-electron chi connectivity index (χ4n) is 1.63. The topological polar surface area (TPSA) is 26.3 Å². The third-order valence-electron chi connectivity index (χ3n) is 2.66. The summed E-state index contributed by atoms with van der Waals surface area (Å²) < 4.78 is 6.13. The lowest BCUT2D eigenvalue weighted by molar-refractivity contribution is 0.0493. The van der Waals surface area contributed by atoms with Crippen molar-refractivity contribution >= 4 is 34.5 Å². The average molecular weight is 331 g/mol. The van der Waals surface area contributed by atoms with Gasteiger partial charge < -0.3 is 4.74 Å². The lowest BCUT2D eigenvalue weighted by atomic mass is 10.2. The van der Waals surface area contributed by atoms with Crippen LogP contribution in [0.2, 0.25) is 0 Å². The van der Waals surface area contributed by atoms with E-state index in [1.54, 1.807) is 12.1 Å². The molecule has 0 radical (unpaired) electrons. The normalized spacial score (nSPS) is 10.4. The standard InChI is InChI=1S/C14H19BrO2S/c1-2-3-4-5-6-9-17-14(16)12-8-7-11(15)10-13(12)18/h7-8,10,18H,2-6,9H2,1H3. The number of hydrogen-bond acceptors (Lipinski definition) is 3. The van der Waals surface area contributed by atoms with E-state index in [0.717, 1.165) is 17.3 Å². The molecule has 2 nitrogen and oxygen atoms in total. The molecule has 4 heteroatoms. The monoisotopic (exact) mass is 330 g/mol. The molecule has 0 atom stereocenters. The Labute approximate surface area is 123 Å². The Bertz CT molecular complexity index is 393. The lowest BCUT2D eigenvalue weighted by Crippen LogP contribution is -2.07. The minimum Gasteiger partial charge on any atom is -0.462 e. The number of carbonyl (C=O) groups excluding carboxylic acids is 1. The van der Waals surface area contributed by atoms with E-state index in [2.05, 4.69) is 35.5 Å². The van der Waals surface area contributed by atoms with Crippen molar-refractivity contribution in [2.75, 3.05) is 6.61 Å². The molecule has 0 bridgehead atoms. The van der Waals surface area contributed by atoms with E-state index in [-0.39, 0.29) is 5.97 Å². The Morgan fingerprint density at radius 1 is 1.28 bits per heavy atom. The molecule has 0 aliphatic rings. The molecule has 1 aromatic rings. The molecule has 1 aromatic carbocycles. The number of hydrogen-bond donors (Lipinski definition) is 1. The van der Waals surface area contributed by atoms with Crippen molar-refractivity contribution in [3.05, 3.63) is 28.2 Å². The van der Waals surface area contributed by atoms with Gasteiger partial charge in [-0.25, -0.2) is 4.79 Å². The van der Waals surface area contributed by atoms with Crippen LogP contribution in [0.25, 0.3) is 0 Å². The fourth-order valence-corrected chi connectivity index (χ4v) is 2.47. The Morgan fingerprint density at radius 2 is 2.00 bits per heavy atom. The quantitative estimate of drug-likeness (QED) is 0.438. The van der Waals surface area contributed by atoms with Crippen LogP contribution in [-0.4, -0.2) is 12.6 Å². The summed E-state index contributed by atoms with van der Waals surface area (Å²) in [4.78, 5) is 12.4. The van der Waals surface area contributed by atoms with Crippen molar-refractivity contribution in [3.63, 3.8) is 0 Å². The average Bonchev–Trinajstić information content (AvgIpc) is 2.33. The van der Waals surface area contributed by atoms with Gasteiger partial charge in [-0.05, 0) is 24.6 Å². The van der Waals surface area contributed by atoms with Crippen molar-refractivity contribution in [2.24, 2.45) is 0 Å². The molecule has 0 N–H and O–H groups in total. The molecule has 0 amide bonds. The van der Waals surface area contributed by atoms with Gasteiger partial charge in [0.2, 0.25) is 0 Å². The number of thiol groups is 1. The minimum atomic E-state index is -0.289. The summed E-state index contributed by atoms with van der Waals surface area (Å²) in [5.41, 5.74) is 0.523. The molecule has 0 saturated heterocycles. The predicted octanol–water partition coefficient (Wildman–Crippen LogP) is 4.87. The van der Waals surface area contributed by atoms with E-state index in [0.29, 0.717) is 17.1 Å². The Kier molecular flexibility index (Phi) is 7.44. The Morgan fingerprint density at radius 3 is 2.67 bits per heavy atom. The van der Waals surface area contributed by atoms with Crippen LogP contribution in [-0.2, 0) is 4.74 Å². The van der Waals surface area contributed by atoms with Crippen LogP contribution in [0.15, 0.2) is 27.6 Å². The van der Waals surface area contributed by atoms with Crippen LogP contribution in [0.1, 0.15) is 49.4 Å². The van der Waals surface area contributed by atoms with Crippen molar-refractivity contribution in [2.45, 2.75) is 43.9 Å². The molecule has 0 saturated carbocycles. The van der Waals surface area contributed by atoms with Crippen LogP contribution in [0.4, 0.5) is 0 Å². The summed E-state index contributed by atoms with van der Waals surface area (Å²) in [5, 5.41) is 0. The number of unbranched alkanes of at least 4 members (excludes halogenated alkanes) is 4. The maximum absolute atomic E-state index is 11.8. The van der Waals surface area contributed by atoms with Crippen molar-refractivity contribution in [3.8, 4) is 0 Å². The summed E-state index contributed by atoms with van der Waals surface area (Å²) in [7, 11) is 0. The Hall–Kier alpha value is -0.480. The second-order valence-electron chi connectivity index (χ2n) is 4.21. The molecule has 100 valence electrons. The number of rotatable bonds is 7. The molecule has 0 spiro atoms. The number of halogens is 1. The first-order chi connectivity index (χ1) is 8.65. The number of carbonyl (C=O) groups is 1. The molecular weight excluding hydrogens is 312 g/mol. The third kappa shape index (κ3) is 5.44. The highest BCUT2D eigenvalue weighted by molar-refractivity contribution is 9.10. The fraction of sp³-hybridized carbons (Fsp3) is 0.500. The summed E-state index contributed by atoms with van der Waals surface area (Å²) in [6.07, 6.45) is 5.74. The van der Waals surface area contributed by atoms with Gasteiger partial charge in [-0.3, -0.25) is 0 Å². The van der Waals surface area contributed by atoms with E-state index in [1.165, 1.54) is 19.3 Å². The molecular formula is C14H19BrO2S. The van der Waals surface area contributed by atoms with Gasteiger partial charge in [0.1, 0.15) is 0 Å². The molecule has 0 fully saturated rings.